The first-order valence-electron chi connectivity index (χ1n) is 7.11. The highest BCUT2D eigenvalue weighted by atomic mass is 35.5. The molecule has 0 aromatic heterocycles. The number of hydrogen-bond donors (Lipinski definition) is 1. The molecule has 2 fully saturated rings. The number of carbonyl (C=O) groups is 1. The quantitative estimate of drug-likeness (QED) is 0.742. The van der Waals surface area contributed by atoms with Crippen LogP contribution in [-0.2, 0) is 9.53 Å². The maximum atomic E-state index is 11.9. The van der Waals surface area contributed by atoms with Gasteiger partial charge in [0.05, 0.1) is 13.0 Å². The van der Waals surface area contributed by atoms with Crippen molar-refractivity contribution in [1.82, 2.24) is 15.1 Å². The van der Waals surface area contributed by atoms with E-state index in [0.29, 0.717) is 25.7 Å². The lowest BCUT2D eigenvalue weighted by Gasteiger charge is -2.37. The highest BCUT2D eigenvalue weighted by molar-refractivity contribution is 5.85. The molecular formula is C13H26ClN3O2. The summed E-state index contributed by atoms with van der Waals surface area (Å²) >= 11 is 0. The lowest BCUT2D eigenvalue weighted by Crippen LogP contribution is -2.52. The van der Waals surface area contributed by atoms with E-state index in [1.807, 2.05) is 11.8 Å². The smallest absolute Gasteiger partial charge is 0.224 e. The molecule has 5 nitrogen and oxygen atoms in total. The van der Waals surface area contributed by atoms with Crippen LogP contribution in [0.5, 0.6) is 0 Å². The number of rotatable bonds is 5. The molecule has 2 rings (SSSR count). The van der Waals surface area contributed by atoms with E-state index < -0.39 is 0 Å². The highest BCUT2D eigenvalue weighted by Crippen LogP contribution is 2.12. The van der Waals surface area contributed by atoms with Crippen LogP contribution in [0.1, 0.15) is 19.8 Å². The number of hydrogen-bond acceptors (Lipinski definition) is 4. The van der Waals surface area contributed by atoms with E-state index in [9.17, 15) is 4.79 Å². The summed E-state index contributed by atoms with van der Waals surface area (Å²) in [6, 6.07) is 0.686. The summed E-state index contributed by atoms with van der Waals surface area (Å²) in [4.78, 5) is 16.4. The van der Waals surface area contributed by atoms with Crippen molar-refractivity contribution in [2.45, 2.75) is 25.8 Å². The van der Waals surface area contributed by atoms with Crippen LogP contribution in [-0.4, -0.2) is 74.2 Å². The van der Waals surface area contributed by atoms with Crippen LogP contribution in [0.2, 0.25) is 0 Å². The molecule has 2 saturated heterocycles. The summed E-state index contributed by atoms with van der Waals surface area (Å²) in [7, 11) is 0. The van der Waals surface area contributed by atoms with Crippen molar-refractivity contribution in [2.75, 3.05) is 52.5 Å². The Morgan fingerprint density at radius 2 is 2.05 bits per heavy atom. The first-order valence-corrected chi connectivity index (χ1v) is 7.11. The second-order valence-corrected chi connectivity index (χ2v) is 5.01. The average Bonchev–Trinajstić information content (AvgIpc) is 2.93. The number of amides is 1. The molecule has 0 spiro atoms. The van der Waals surface area contributed by atoms with Gasteiger partial charge in [0.2, 0.25) is 5.91 Å². The molecule has 0 aromatic carbocycles. The third-order valence-electron chi connectivity index (χ3n) is 3.88. The molecule has 112 valence electrons. The first kappa shape index (κ1) is 16.7. The molecule has 2 aliphatic rings. The third kappa shape index (κ3) is 4.91. The van der Waals surface area contributed by atoms with Crippen molar-refractivity contribution in [2.24, 2.45) is 0 Å². The molecule has 0 bridgehead atoms. The largest absolute Gasteiger partial charge is 0.381 e. The van der Waals surface area contributed by atoms with E-state index in [-0.39, 0.29) is 18.3 Å². The molecular weight excluding hydrogens is 266 g/mol. The molecule has 1 atom stereocenters. The van der Waals surface area contributed by atoms with E-state index in [1.165, 1.54) is 6.42 Å². The van der Waals surface area contributed by atoms with Gasteiger partial charge in [0.25, 0.3) is 0 Å². The van der Waals surface area contributed by atoms with Gasteiger partial charge in [-0.1, -0.05) is 0 Å². The maximum Gasteiger partial charge on any atom is 0.224 e. The maximum absolute atomic E-state index is 11.9. The summed E-state index contributed by atoms with van der Waals surface area (Å²) in [5.41, 5.74) is 0. The van der Waals surface area contributed by atoms with Gasteiger partial charge in [-0.2, -0.15) is 0 Å². The van der Waals surface area contributed by atoms with E-state index >= 15 is 0 Å². The number of nitrogens with zero attached hydrogens (tertiary/aromatic N) is 2. The normalized spacial score (nSPS) is 24.3. The van der Waals surface area contributed by atoms with Crippen molar-refractivity contribution in [3.05, 3.63) is 0 Å². The fourth-order valence-corrected chi connectivity index (χ4v) is 2.75. The molecule has 1 unspecified atom stereocenters. The predicted octanol–water partition coefficient (Wildman–Crippen LogP) is 0.341. The Hall–Kier alpha value is -0.360. The van der Waals surface area contributed by atoms with Crippen LogP contribution in [0.3, 0.4) is 0 Å². The van der Waals surface area contributed by atoms with Gasteiger partial charge in [-0.25, -0.2) is 0 Å². The van der Waals surface area contributed by atoms with Crippen LogP contribution in [0, 0.1) is 0 Å². The minimum Gasteiger partial charge on any atom is -0.381 e. The second-order valence-electron chi connectivity index (χ2n) is 5.01. The van der Waals surface area contributed by atoms with Crippen LogP contribution in [0.25, 0.3) is 0 Å². The lowest BCUT2D eigenvalue weighted by atomic mass is 10.2. The standard InChI is InChI=1S/C13H25N3O2.ClH/c1-2-18-10-4-13(17)16-8-6-15(7-9-16)12-3-5-14-11-12;/h12,14H,2-11H2,1H3;1H. The van der Waals surface area contributed by atoms with Crippen LogP contribution in [0.15, 0.2) is 0 Å². The Morgan fingerprint density at radius 1 is 1.32 bits per heavy atom. The molecule has 0 radical (unpaired) electrons. The number of piperazine rings is 1. The van der Waals surface area contributed by atoms with E-state index in [4.69, 9.17) is 4.74 Å². The molecule has 19 heavy (non-hydrogen) atoms. The predicted molar refractivity (Wildman–Crippen MR) is 77.8 cm³/mol. The molecule has 0 aromatic rings. The van der Waals surface area contributed by atoms with Gasteiger partial charge in [-0.3, -0.25) is 9.69 Å². The summed E-state index contributed by atoms with van der Waals surface area (Å²) in [5, 5.41) is 3.40. The zero-order valence-electron chi connectivity index (χ0n) is 11.8. The lowest BCUT2D eigenvalue weighted by molar-refractivity contribution is -0.134. The van der Waals surface area contributed by atoms with Crippen LogP contribution in [0.4, 0.5) is 0 Å². The average molecular weight is 292 g/mol. The summed E-state index contributed by atoms with van der Waals surface area (Å²) in [5.74, 6) is 0.243. The van der Waals surface area contributed by atoms with Gasteiger partial charge in [0.1, 0.15) is 0 Å². The minimum atomic E-state index is 0. The zero-order valence-corrected chi connectivity index (χ0v) is 12.6. The van der Waals surface area contributed by atoms with Crippen molar-refractivity contribution in [3.63, 3.8) is 0 Å². The number of halogens is 1. The Morgan fingerprint density at radius 3 is 2.63 bits per heavy atom. The molecule has 0 saturated carbocycles. The van der Waals surface area contributed by atoms with Gasteiger partial charge in [0.15, 0.2) is 0 Å². The fourth-order valence-electron chi connectivity index (χ4n) is 2.75. The van der Waals surface area contributed by atoms with Gasteiger partial charge in [0, 0.05) is 45.4 Å². The molecule has 1 N–H and O–H groups in total. The zero-order chi connectivity index (χ0) is 12.8. The summed E-state index contributed by atoms with van der Waals surface area (Å²) in [6.07, 6.45) is 1.77. The van der Waals surface area contributed by atoms with Gasteiger partial charge < -0.3 is 15.0 Å². The number of ether oxygens (including phenoxy) is 1. The monoisotopic (exact) mass is 291 g/mol. The number of carbonyl (C=O) groups excluding carboxylic acids is 1. The summed E-state index contributed by atoms with van der Waals surface area (Å²) < 4.78 is 5.23. The van der Waals surface area contributed by atoms with Crippen molar-refractivity contribution in [1.29, 1.82) is 0 Å². The Balaban J connectivity index is 0.00000180. The Kier molecular flexibility index (Phi) is 7.68. The SMILES string of the molecule is CCOCCC(=O)N1CCN(C2CCNC2)CC1.Cl. The molecule has 2 heterocycles. The van der Waals surface area contributed by atoms with E-state index in [2.05, 4.69) is 10.2 Å². The van der Waals surface area contributed by atoms with Crippen molar-refractivity contribution < 1.29 is 9.53 Å². The van der Waals surface area contributed by atoms with E-state index in [0.717, 1.165) is 39.3 Å². The van der Waals surface area contributed by atoms with Crippen LogP contribution >= 0.6 is 12.4 Å². The molecule has 6 heteroatoms. The highest BCUT2D eigenvalue weighted by Gasteiger charge is 2.27. The molecule has 1 amide bonds. The van der Waals surface area contributed by atoms with Gasteiger partial charge >= 0.3 is 0 Å². The third-order valence-corrected chi connectivity index (χ3v) is 3.88. The Labute approximate surface area is 122 Å². The van der Waals surface area contributed by atoms with Gasteiger partial charge in [-0.15, -0.1) is 12.4 Å². The Bertz CT molecular complexity index is 265. The van der Waals surface area contributed by atoms with Crippen molar-refractivity contribution in [3.8, 4) is 0 Å². The topological polar surface area (TPSA) is 44.8 Å². The van der Waals surface area contributed by atoms with Crippen LogP contribution < -0.4 is 5.32 Å². The molecule has 0 aliphatic carbocycles. The first-order chi connectivity index (χ1) is 8.81. The van der Waals surface area contributed by atoms with E-state index in [1.54, 1.807) is 0 Å². The number of nitrogens with one attached hydrogen (secondary N) is 1. The fraction of sp³-hybridized carbons (Fsp3) is 0.923. The van der Waals surface area contributed by atoms with Gasteiger partial charge in [-0.05, 0) is 19.9 Å². The summed E-state index contributed by atoms with van der Waals surface area (Å²) in [6.45, 7) is 9.25. The van der Waals surface area contributed by atoms with Crippen molar-refractivity contribution >= 4 is 18.3 Å². The molecule has 2 aliphatic heterocycles. The minimum absolute atomic E-state index is 0. The second kappa shape index (κ2) is 8.74.